The van der Waals surface area contributed by atoms with Crippen molar-refractivity contribution in [2.45, 2.75) is 26.6 Å². The van der Waals surface area contributed by atoms with Crippen molar-refractivity contribution in [3.63, 3.8) is 0 Å². The Bertz CT molecular complexity index is 1590. The maximum Gasteiger partial charge on any atom is 0.330 e. The molecule has 0 aliphatic carbocycles. The molecule has 1 fully saturated rings. The van der Waals surface area contributed by atoms with E-state index in [1.54, 1.807) is 18.2 Å². The maximum atomic E-state index is 11.6. The number of imidazole rings is 1. The first-order valence-electron chi connectivity index (χ1n) is 13.9. The van der Waals surface area contributed by atoms with Crippen molar-refractivity contribution in [3.8, 4) is 11.4 Å². The number of esters is 1. The van der Waals surface area contributed by atoms with Crippen LogP contribution in [0.4, 0.5) is 5.82 Å². The van der Waals surface area contributed by atoms with Crippen LogP contribution in [0.2, 0.25) is 0 Å². The third-order valence-corrected chi connectivity index (χ3v) is 7.17. The highest BCUT2D eigenvalue weighted by atomic mass is 16.5. The molecule has 2 aromatic heterocycles. The molecule has 218 valence electrons. The molecule has 0 saturated carbocycles. The molecule has 11 nitrogen and oxygen atoms in total. The Morgan fingerprint density at radius 1 is 1.02 bits per heavy atom. The highest BCUT2D eigenvalue weighted by Crippen LogP contribution is 2.29. The van der Waals surface area contributed by atoms with Crippen molar-refractivity contribution in [2.75, 3.05) is 45.4 Å². The summed E-state index contributed by atoms with van der Waals surface area (Å²) in [5.74, 6) is 1.39. The number of hydrogen-bond donors (Lipinski definition) is 1. The number of hydrogen-bond acceptors (Lipinski definition) is 9. The third-order valence-electron chi connectivity index (χ3n) is 7.17. The van der Waals surface area contributed by atoms with Crippen LogP contribution in [0.3, 0.4) is 0 Å². The van der Waals surface area contributed by atoms with E-state index in [-0.39, 0.29) is 5.97 Å². The highest BCUT2D eigenvalue weighted by molar-refractivity contribution is 5.93. The van der Waals surface area contributed by atoms with E-state index in [2.05, 4.69) is 33.1 Å². The van der Waals surface area contributed by atoms with Gasteiger partial charge in [0.2, 0.25) is 5.91 Å². The predicted molar refractivity (Wildman–Crippen MR) is 161 cm³/mol. The zero-order chi connectivity index (χ0) is 29.6. The molecule has 42 heavy (non-hydrogen) atoms. The van der Waals surface area contributed by atoms with Gasteiger partial charge < -0.3 is 24.7 Å². The van der Waals surface area contributed by atoms with Crippen molar-refractivity contribution in [1.82, 2.24) is 24.4 Å². The molecule has 1 saturated heterocycles. The van der Waals surface area contributed by atoms with Crippen LogP contribution < -0.4 is 10.6 Å². The van der Waals surface area contributed by atoms with E-state index in [0.717, 1.165) is 39.5 Å². The van der Waals surface area contributed by atoms with Gasteiger partial charge in [-0.2, -0.15) is 0 Å². The molecule has 0 bridgehead atoms. The van der Waals surface area contributed by atoms with E-state index in [1.165, 1.54) is 13.2 Å². The molecule has 0 radical (unpaired) electrons. The smallest absolute Gasteiger partial charge is 0.330 e. The van der Waals surface area contributed by atoms with Gasteiger partial charge in [0, 0.05) is 43.4 Å². The Morgan fingerprint density at radius 2 is 1.74 bits per heavy atom. The summed E-state index contributed by atoms with van der Waals surface area (Å²) in [4.78, 5) is 42.4. The number of morpholine rings is 1. The van der Waals surface area contributed by atoms with Gasteiger partial charge in [-0.25, -0.2) is 19.7 Å². The fraction of sp³-hybridized carbons (Fsp3) is 0.323. The molecule has 2 aromatic carbocycles. The van der Waals surface area contributed by atoms with Gasteiger partial charge in [0.1, 0.15) is 5.82 Å². The first-order chi connectivity index (χ1) is 20.4. The van der Waals surface area contributed by atoms with E-state index in [0.29, 0.717) is 57.3 Å². The second-order valence-corrected chi connectivity index (χ2v) is 10.1. The largest absolute Gasteiger partial charge is 0.466 e. The molecule has 1 aliphatic heterocycles. The normalized spacial score (nSPS) is 13.8. The number of primary amides is 1. The Balaban J connectivity index is 1.44. The summed E-state index contributed by atoms with van der Waals surface area (Å²) in [7, 11) is 3.42. The molecule has 3 heterocycles. The number of nitrogens with zero attached hydrogens (tertiary/aromatic N) is 6. The molecule has 11 heteroatoms. The van der Waals surface area contributed by atoms with Crippen molar-refractivity contribution >= 4 is 34.9 Å². The van der Waals surface area contributed by atoms with Crippen molar-refractivity contribution in [3.05, 3.63) is 77.1 Å². The molecule has 1 amide bonds. The fourth-order valence-electron chi connectivity index (χ4n) is 4.97. The number of carbonyl (C=O) groups excluding carboxylic acids is 2. The SMILES string of the molecule is CCn1c(CN(C)Cc2ccc(C=CC(=O)OC)cc2)nc2c(N3CCOCC3)nc(-c3ccc(C(N)=O)cc3)nc21. The highest BCUT2D eigenvalue weighted by Gasteiger charge is 2.23. The van der Waals surface area contributed by atoms with Crippen molar-refractivity contribution < 1.29 is 19.1 Å². The molecular formula is C31H35N7O4. The van der Waals surface area contributed by atoms with Crippen LogP contribution in [0.5, 0.6) is 0 Å². The van der Waals surface area contributed by atoms with Crippen LogP contribution in [0.1, 0.15) is 34.2 Å². The van der Waals surface area contributed by atoms with Gasteiger partial charge >= 0.3 is 5.97 Å². The first-order valence-corrected chi connectivity index (χ1v) is 13.9. The summed E-state index contributed by atoms with van der Waals surface area (Å²) in [6.45, 7) is 6.78. The summed E-state index contributed by atoms with van der Waals surface area (Å²) in [5, 5.41) is 0. The van der Waals surface area contributed by atoms with Crippen LogP contribution in [-0.4, -0.2) is 76.8 Å². The second kappa shape index (κ2) is 12.9. The van der Waals surface area contributed by atoms with Crippen molar-refractivity contribution in [2.24, 2.45) is 5.73 Å². The molecule has 5 rings (SSSR count). The second-order valence-electron chi connectivity index (χ2n) is 10.1. The predicted octanol–water partition coefficient (Wildman–Crippen LogP) is 3.27. The van der Waals surface area contributed by atoms with E-state index in [4.69, 9.17) is 25.4 Å². The standard InChI is InChI=1S/C31H35N7O4/c1-4-38-25(20-36(2)19-22-7-5-21(6-8-22)9-14-26(39)41-3)33-27-30(37-15-17-42-18-16-37)34-29(35-31(27)38)24-12-10-23(11-13-24)28(32)40/h5-14H,4,15-20H2,1-3H3,(H2,32,40). The number of aryl methyl sites for hydroxylation is 1. The van der Waals surface area contributed by atoms with E-state index in [9.17, 15) is 9.59 Å². The number of carbonyl (C=O) groups is 2. The van der Waals surface area contributed by atoms with Crippen LogP contribution in [0.25, 0.3) is 28.6 Å². The summed E-state index contributed by atoms with van der Waals surface area (Å²) < 4.78 is 12.4. The summed E-state index contributed by atoms with van der Waals surface area (Å²) in [6, 6.07) is 15.1. The number of methoxy groups -OCH3 is 1. The third kappa shape index (κ3) is 6.48. The Labute approximate surface area is 244 Å². The number of fused-ring (bicyclic) bond motifs is 1. The quantitative estimate of drug-likeness (QED) is 0.226. The minimum atomic E-state index is -0.476. The van der Waals surface area contributed by atoms with Crippen LogP contribution in [-0.2, 0) is 33.9 Å². The summed E-state index contributed by atoms with van der Waals surface area (Å²) >= 11 is 0. The number of aromatic nitrogens is 4. The summed E-state index contributed by atoms with van der Waals surface area (Å²) in [6.07, 6.45) is 3.14. The van der Waals surface area contributed by atoms with E-state index in [1.807, 2.05) is 36.4 Å². The van der Waals surface area contributed by atoms with Crippen LogP contribution in [0.15, 0.2) is 54.6 Å². The van der Waals surface area contributed by atoms with Crippen LogP contribution in [0, 0.1) is 0 Å². The van der Waals surface area contributed by atoms with Gasteiger partial charge in [-0.05, 0) is 43.3 Å². The average Bonchev–Trinajstić information content (AvgIpc) is 3.37. The minimum Gasteiger partial charge on any atom is -0.466 e. The number of ether oxygens (including phenoxy) is 2. The molecule has 2 N–H and O–H groups in total. The van der Waals surface area contributed by atoms with Gasteiger partial charge in [0.15, 0.2) is 22.8 Å². The first kappa shape index (κ1) is 28.9. The topological polar surface area (TPSA) is 129 Å². The number of anilines is 1. The zero-order valence-electron chi connectivity index (χ0n) is 24.1. The van der Waals surface area contributed by atoms with Gasteiger partial charge in [0.25, 0.3) is 0 Å². The Kier molecular flexibility index (Phi) is 8.89. The van der Waals surface area contributed by atoms with Gasteiger partial charge in [-0.15, -0.1) is 0 Å². The Hall–Kier alpha value is -4.61. The maximum absolute atomic E-state index is 11.6. The summed E-state index contributed by atoms with van der Waals surface area (Å²) in [5.41, 5.74) is 10.3. The minimum absolute atomic E-state index is 0.382. The molecule has 4 aromatic rings. The average molecular weight is 570 g/mol. The van der Waals surface area contributed by atoms with E-state index < -0.39 is 5.91 Å². The van der Waals surface area contributed by atoms with E-state index >= 15 is 0 Å². The Morgan fingerprint density at radius 3 is 2.38 bits per heavy atom. The molecule has 0 unspecified atom stereocenters. The molecule has 1 aliphatic rings. The zero-order valence-corrected chi connectivity index (χ0v) is 24.1. The number of benzene rings is 2. The fourth-order valence-corrected chi connectivity index (χ4v) is 4.97. The lowest BCUT2D eigenvalue weighted by atomic mass is 10.1. The number of rotatable bonds is 10. The number of amides is 1. The lowest BCUT2D eigenvalue weighted by molar-refractivity contribution is -0.134. The van der Waals surface area contributed by atoms with Gasteiger partial charge in [-0.1, -0.05) is 36.4 Å². The molecule has 0 atom stereocenters. The molecular weight excluding hydrogens is 534 g/mol. The van der Waals surface area contributed by atoms with Crippen molar-refractivity contribution in [1.29, 1.82) is 0 Å². The van der Waals surface area contributed by atoms with Crippen LogP contribution >= 0.6 is 0 Å². The lowest BCUT2D eigenvalue weighted by Crippen LogP contribution is -2.37. The monoisotopic (exact) mass is 569 g/mol. The lowest BCUT2D eigenvalue weighted by Gasteiger charge is -2.28. The van der Waals surface area contributed by atoms with Gasteiger partial charge in [0.05, 0.1) is 26.9 Å². The number of nitrogens with two attached hydrogens (primary N) is 1. The molecule has 0 spiro atoms. The van der Waals surface area contributed by atoms with Gasteiger partial charge in [-0.3, -0.25) is 9.69 Å².